The summed E-state index contributed by atoms with van der Waals surface area (Å²) in [6.45, 7) is 10.4. The summed E-state index contributed by atoms with van der Waals surface area (Å²) in [5, 5.41) is 6.25. The second-order valence-corrected chi connectivity index (χ2v) is 8.01. The van der Waals surface area contributed by atoms with Crippen molar-refractivity contribution < 1.29 is 19.0 Å². The van der Waals surface area contributed by atoms with E-state index in [0.717, 1.165) is 5.56 Å². The van der Waals surface area contributed by atoms with Crippen LogP contribution < -0.4 is 10.6 Å². The maximum atomic E-state index is 12.2. The van der Waals surface area contributed by atoms with Crippen molar-refractivity contribution in [2.45, 2.75) is 52.6 Å². The van der Waals surface area contributed by atoms with Crippen LogP contribution in [-0.2, 0) is 14.2 Å². The van der Waals surface area contributed by atoms with Crippen molar-refractivity contribution in [1.82, 2.24) is 15.3 Å². The fraction of sp³-hybridized carbons (Fsp3) is 0.500. The molecule has 0 unspecified atom stereocenters. The molecular weight excluding hydrogens is 420 g/mol. The topological polar surface area (TPSA) is 94.6 Å². The molecule has 2 rings (SSSR count). The lowest BCUT2D eigenvalue weighted by atomic mass is 10.1. The predicted octanol–water partition coefficient (Wildman–Crippen LogP) is 4.88. The van der Waals surface area contributed by atoms with E-state index in [2.05, 4.69) is 20.6 Å². The first-order chi connectivity index (χ1) is 14.7. The van der Waals surface area contributed by atoms with Crippen LogP contribution in [-0.4, -0.2) is 41.4 Å². The number of benzene rings is 1. The fourth-order valence-electron chi connectivity index (χ4n) is 2.79. The number of amides is 1. The molecule has 1 atom stereocenters. The Hall–Kier alpha value is -2.42. The Balaban J connectivity index is 2.29. The molecule has 0 aliphatic rings. The Morgan fingerprint density at radius 2 is 1.77 bits per heavy atom. The van der Waals surface area contributed by atoms with Crippen LogP contribution in [0.1, 0.15) is 58.1 Å². The number of ether oxygens (including phenoxy) is 3. The number of rotatable bonds is 10. The van der Waals surface area contributed by atoms with Crippen LogP contribution in [0.3, 0.4) is 0 Å². The van der Waals surface area contributed by atoms with E-state index >= 15 is 0 Å². The van der Waals surface area contributed by atoms with Crippen LogP contribution in [0, 0.1) is 0 Å². The average molecular weight is 451 g/mol. The smallest absolute Gasteiger partial charge is 0.407 e. The van der Waals surface area contributed by atoms with Crippen molar-refractivity contribution in [2.24, 2.45) is 0 Å². The highest BCUT2D eigenvalue weighted by Gasteiger charge is 2.23. The van der Waals surface area contributed by atoms with Crippen molar-refractivity contribution >= 4 is 23.5 Å². The summed E-state index contributed by atoms with van der Waals surface area (Å²) < 4.78 is 16.8. The van der Waals surface area contributed by atoms with Gasteiger partial charge >= 0.3 is 6.09 Å². The molecule has 0 spiro atoms. The summed E-state index contributed by atoms with van der Waals surface area (Å²) in [7, 11) is 0. The van der Waals surface area contributed by atoms with Crippen molar-refractivity contribution in [3.8, 4) is 0 Å². The SMILES string of the molecule is CCOC(OCC)c1cnc(Cl)nc1N[C@H](CNC(=O)OC(C)(C)C)c1ccccc1. The Kier molecular flexibility index (Phi) is 9.48. The highest BCUT2D eigenvalue weighted by Crippen LogP contribution is 2.29. The number of carbonyl (C=O) groups is 1. The van der Waals surface area contributed by atoms with E-state index in [0.29, 0.717) is 24.6 Å². The van der Waals surface area contributed by atoms with Gasteiger partial charge in [-0.1, -0.05) is 30.3 Å². The van der Waals surface area contributed by atoms with Crippen LogP contribution in [0.2, 0.25) is 5.28 Å². The summed E-state index contributed by atoms with van der Waals surface area (Å²) in [6, 6.07) is 9.37. The van der Waals surface area contributed by atoms with Crippen LogP contribution in [0.25, 0.3) is 0 Å². The Labute approximate surface area is 188 Å². The van der Waals surface area contributed by atoms with E-state index in [-0.39, 0.29) is 17.9 Å². The second-order valence-electron chi connectivity index (χ2n) is 7.68. The molecule has 31 heavy (non-hydrogen) atoms. The Morgan fingerprint density at radius 1 is 1.13 bits per heavy atom. The number of aromatic nitrogens is 2. The van der Waals surface area contributed by atoms with Gasteiger partial charge in [0, 0.05) is 26.0 Å². The van der Waals surface area contributed by atoms with E-state index in [1.807, 2.05) is 65.0 Å². The lowest BCUT2D eigenvalue weighted by molar-refractivity contribution is -0.140. The van der Waals surface area contributed by atoms with E-state index in [1.54, 1.807) is 6.20 Å². The van der Waals surface area contributed by atoms with E-state index in [1.165, 1.54) is 0 Å². The van der Waals surface area contributed by atoms with Gasteiger partial charge in [0.25, 0.3) is 0 Å². The van der Waals surface area contributed by atoms with E-state index < -0.39 is 18.0 Å². The van der Waals surface area contributed by atoms with Gasteiger partial charge in [0.15, 0.2) is 6.29 Å². The quantitative estimate of drug-likeness (QED) is 0.393. The minimum Gasteiger partial charge on any atom is -0.444 e. The number of carbonyl (C=O) groups excluding carboxylic acids is 1. The first-order valence-corrected chi connectivity index (χ1v) is 10.6. The number of halogens is 1. The van der Waals surface area contributed by atoms with Crippen LogP contribution in [0.4, 0.5) is 10.6 Å². The van der Waals surface area contributed by atoms with Crippen LogP contribution >= 0.6 is 11.6 Å². The summed E-state index contributed by atoms with van der Waals surface area (Å²) in [4.78, 5) is 20.6. The van der Waals surface area contributed by atoms with Gasteiger partial charge in [-0.25, -0.2) is 14.8 Å². The van der Waals surface area contributed by atoms with Gasteiger partial charge in [-0.05, 0) is 51.8 Å². The highest BCUT2D eigenvalue weighted by molar-refractivity contribution is 6.28. The molecule has 2 aromatic rings. The number of alkyl carbamates (subject to hydrolysis) is 1. The zero-order valence-electron chi connectivity index (χ0n) is 18.6. The standard InChI is InChI=1S/C22H31ClN4O4/c1-6-29-19(30-7-2)16-13-24-20(23)27-18(16)26-17(15-11-9-8-10-12-15)14-25-21(28)31-22(3,4)5/h8-13,17,19H,6-7,14H2,1-5H3,(H,25,28)(H,24,26,27)/t17-/m1/s1. The molecule has 170 valence electrons. The highest BCUT2D eigenvalue weighted by atomic mass is 35.5. The van der Waals surface area contributed by atoms with E-state index in [9.17, 15) is 4.79 Å². The minimum atomic E-state index is -0.648. The van der Waals surface area contributed by atoms with Gasteiger partial charge in [-0.2, -0.15) is 0 Å². The molecule has 0 saturated heterocycles. The summed E-state index contributed by atoms with van der Waals surface area (Å²) in [5.41, 5.74) is 0.977. The zero-order chi connectivity index (χ0) is 22.9. The van der Waals surface area contributed by atoms with Crippen molar-refractivity contribution in [2.75, 3.05) is 25.1 Å². The normalized spacial score (nSPS) is 12.5. The lowest BCUT2D eigenvalue weighted by Crippen LogP contribution is -2.36. The third-order valence-corrected chi connectivity index (χ3v) is 4.22. The van der Waals surface area contributed by atoms with Gasteiger partial charge in [0.05, 0.1) is 11.6 Å². The minimum absolute atomic E-state index is 0.0879. The van der Waals surface area contributed by atoms with Crippen molar-refractivity contribution in [3.05, 3.63) is 52.9 Å². The summed E-state index contributed by atoms with van der Waals surface area (Å²) >= 11 is 6.07. The third-order valence-electron chi connectivity index (χ3n) is 4.04. The molecule has 8 nitrogen and oxygen atoms in total. The van der Waals surface area contributed by atoms with Crippen LogP contribution in [0.15, 0.2) is 36.5 Å². The fourth-order valence-corrected chi connectivity index (χ4v) is 2.92. The summed E-state index contributed by atoms with van der Waals surface area (Å²) in [5.74, 6) is 0.465. The molecule has 0 radical (unpaired) electrons. The molecular formula is C22H31ClN4O4. The number of nitrogens with zero attached hydrogens (tertiary/aromatic N) is 2. The first kappa shape index (κ1) is 24.8. The molecule has 0 fully saturated rings. The van der Waals surface area contributed by atoms with Crippen molar-refractivity contribution in [3.63, 3.8) is 0 Å². The van der Waals surface area contributed by atoms with Gasteiger partial charge < -0.3 is 24.8 Å². The lowest BCUT2D eigenvalue weighted by Gasteiger charge is -2.25. The maximum Gasteiger partial charge on any atom is 0.407 e. The largest absolute Gasteiger partial charge is 0.444 e. The predicted molar refractivity (Wildman–Crippen MR) is 120 cm³/mol. The van der Waals surface area contributed by atoms with Gasteiger partial charge in [-0.3, -0.25) is 0 Å². The average Bonchev–Trinajstić information content (AvgIpc) is 2.70. The monoisotopic (exact) mass is 450 g/mol. The number of nitrogens with one attached hydrogen (secondary N) is 2. The molecule has 0 saturated carbocycles. The molecule has 0 aliphatic heterocycles. The summed E-state index contributed by atoms with van der Waals surface area (Å²) in [6.07, 6.45) is 0.430. The number of hydrogen-bond acceptors (Lipinski definition) is 7. The molecule has 0 bridgehead atoms. The molecule has 9 heteroatoms. The zero-order valence-corrected chi connectivity index (χ0v) is 19.4. The van der Waals surface area contributed by atoms with E-state index in [4.69, 9.17) is 25.8 Å². The molecule has 1 aromatic carbocycles. The molecule has 1 heterocycles. The van der Waals surface area contributed by atoms with Gasteiger partial charge in [0.1, 0.15) is 11.4 Å². The maximum absolute atomic E-state index is 12.2. The van der Waals surface area contributed by atoms with Gasteiger partial charge in [-0.15, -0.1) is 0 Å². The third kappa shape index (κ3) is 8.32. The molecule has 1 aromatic heterocycles. The number of hydrogen-bond donors (Lipinski definition) is 2. The second kappa shape index (κ2) is 11.8. The number of anilines is 1. The Morgan fingerprint density at radius 3 is 2.35 bits per heavy atom. The molecule has 0 aliphatic carbocycles. The van der Waals surface area contributed by atoms with Gasteiger partial charge in [0.2, 0.25) is 5.28 Å². The molecule has 2 N–H and O–H groups in total. The first-order valence-electron chi connectivity index (χ1n) is 10.3. The molecule has 1 amide bonds. The van der Waals surface area contributed by atoms with Crippen molar-refractivity contribution in [1.29, 1.82) is 0 Å². The van der Waals surface area contributed by atoms with Crippen LogP contribution in [0.5, 0.6) is 0 Å². The Bertz CT molecular complexity index is 824.